The molecule has 3 aliphatic heterocycles. The zero-order chi connectivity index (χ0) is 36.6. The van der Waals surface area contributed by atoms with Crippen molar-refractivity contribution in [3.63, 3.8) is 0 Å². The number of aromatic nitrogens is 3. The summed E-state index contributed by atoms with van der Waals surface area (Å²) in [6, 6.07) is 15.6. The molecule has 0 spiro atoms. The van der Waals surface area contributed by atoms with E-state index in [4.69, 9.17) is 19.3 Å². The molecule has 0 saturated heterocycles. The maximum absolute atomic E-state index is 11.0. The number of aromatic amines is 1. The van der Waals surface area contributed by atoms with Crippen molar-refractivity contribution in [2.75, 3.05) is 6.61 Å². The van der Waals surface area contributed by atoms with Gasteiger partial charge in [0.05, 0.1) is 0 Å². The third-order valence-electron chi connectivity index (χ3n) is 6.61. The maximum atomic E-state index is 11.0. The van der Waals surface area contributed by atoms with E-state index in [0.29, 0.717) is 68.4 Å². The summed E-state index contributed by atoms with van der Waals surface area (Å²) in [4.78, 5) is 53.6. The number of hydrogen-bond acceptors (Lipinski definition) is 11. The van der Waals surface area contributed by atoms with E-state index in [1.165, 1.54) is 0 Å². The van der Waals surface area contributed by atoms with Gasteiger partial charge in [0, 0.05) is 53.0 Å². The van der Waals surface area contributed by atoms with E-state index in [2.05, 4.69) is 92.3 Å². The topological polar surface area (TPSA) is 211 Å². The smallest absolute Gasteiger partial charge is 0.410 e. The van der Waals surface area contributed by atoms with E-state index < -0.39 is 18.3 Å². The molecule has 3 aromatic carbocycles. The number of halogens is 4. The third-order valence-corrected chi connectivity index (χ3v) is 6.61. The van der Waals surface area contributed by atoms with Gasteiger partial charge in [0.2, 0.25) is 0 Å². The Bertz CT molecular complexity index is 2070. The molecule has 4 heterocycles. The predicted molar refractivity (Wildman–Crippen MR) is 209 cm³/mol. The Morgan fingerprint density at radius 1 is 0.750 bits per heavy atom. The molecule has 3 amide bonds. The molecule has 4 aromatic rings. The second kappa shape index (κ2) is 22.1. The van der Waals surface area contributed by atoms with Gasteiger partial charge in [-0.2, -0.15) is 15.4 Å². The van der Waals surface area contributed by atoms with Crippen LogP contribution in [-0.4, -0.2) is 58.0 Å². The summed E-state index contributed by atoms with van der Waals surface area (Å²) in [5.74, 6) is 11.9. The first-order valence-electron chi connectivity index (χ1n) is 14.3. The number of nitrogens with one attached hydrogen (secondary N) is 4. The summed E-state index contributed by atoms with van der Waals surface area (Å²) in [6.07, 6.45) is -0.176. The monoisotopic (exact) mass is 1160 g/mol. The molecule has 5 N–H and O–H groups in total. The van der Waals surface area contributed by atoms with Gasteiger partial charge < -0.3 is 35.3 Å². The molecule has 270 valence electrons. The summed E-state index contributed by atoms with van der Waals surface area (Å²) in [7, 11) is 0. The van der Waals surface area contributed by atoms with Crippen molar-refractivity contribution in [3.05, 3.63) is 88.1 Å². The van der Waals surface area contributed by atoms with Crippen molar-refractivity contribution in [2.45, 2.75) is 19.6 Å². The van der Waals surface area contributed by atoms with Gasteiger partial charge in [-0.15, -0.1) is 24.0 Å². The SMILES string of the molecule is I.I[I-]I.O=C1NCc2cc(C#CCO)ccc2O1.O=CC#Cc1ccc2c(c1)CNC(=O)O2.O=Cc1n[nH]nc1-c1ccc2c(c1)CNC(=O)O2. The maximum Gasteiger partial charge on any atom is 0.412 e. The fourth-order valence-corrected chi connectivity index (χ4v) is 4.45. The van der Waals surface area contributed by atoms with E-state index in [1.807, 2.05) is 6.07 Å². The van der Waals surface area contributed by atoms with Crippen molar-refractivity contribution in [1.29, 1.82) is 0 Å². The standard InChI is InChI=1S/C11H8N4O3.C11H9NO3.C11H7NO3.I3.HI/c16-5-8-10(14-15-13-8)6-1-2-9-7(3-6)4-12-11(17)18-9;2*13-5-1-2-8-3-4-10-9(6-8)7-12-11(14)15-10;1-3-2;/h1-3,5H,4H2,(H,12,17)(H,13,14,15);3-4,6,13H,5,7H2,(H,12,14);3-6H,7H2,(H,12,14);;1H/q;;;-1;. The normalized spacial score (nSPS) is 12.5. The Morgan fingerprint density at radius 3 is 1.71 bits per heavy atom. The molecule has 0 aliphatic carbocycles. The first kappa shape index (κ1) is 42.4. The van der Waals surface area contributed by atoms with E-state index >= 15 is 0 Å². The van der Waals surface area contributed by atoms with Gasteiger partial charge in [0.25, 0.3) is 0 Å². The zero-order valence-corrected chi connectivity index (χ0v) is 35.1. The summed E-state index contributed by atoms with van der Waals surface area (Å²) in [5.41, 5.74) is 5.55. The molecule has 0 unspecified atom stereocenters. The van der Waals surface area contributed by atoms with E-state index in [-0.39, 0.29) is 36.3 Å². The number of hydrogen-bond donors (Lipinski definition) is 5. The minimum atomic E-state index is -0.467. The van der Waals surface area contributed by atoms with Crippen molar-refractivity contribution < 1.29 is 56.5 Å². The molecule has 19 heteroatoms. The van der Waals surface area contributed by atoms with Crippen molar-refractivity contribution in [2.24, 2.45) is 0 Å². The van der Waals surface area contributed by atoms with E-state index in [9.17, 15) is 24.0 Å². The number of H-pyrrole nitrogens is 1. The third kappa shape index (κ3) is 12.6. The average Bonchev–Trinajstić information content (AvgIpc) is 3.63. The van der Waals surface area contributed by atoms with Gasteiger partial charge in [-0.1, -0.05) is 17.8 Å². The molecule has 0 radical (unpaired) electrons. The number of fused-ring (bicyclic) bond motifs is 3. The average molecular weight is 1160 g/mol. The minimum Gasteiger partial charge on any atom is -0.410 e. The van der Waals surface area contributed by atoms with Gasteiger partial charge in [0.15, 0.2) is 18.3 Å². The number of benzene rings is 3. The van der Waals surface area contributed by atoms with Crippen LogP contribution < -0.4 is 43.4 Å². The molecule has 7 rings (SSSR count). The fraction of sp³-hybridized carbons (Fsp3) is 0.121. The Kier molecular flexibility index (Phi) is 18.0. The van der Waals surface area contributed by atoms with Crippen LogP contribution in [0.4, 0.5) is 14.4 Å². The van der Waals surface area contributed by atoms with Crippen LogP contribution >= 0.6 is 61.2 Å². The van der Waals surface area contributed by atoms with Gasteiger partial charge in [0.1, 0.15) is 29.5 Å². The fourth-order valence-electron chi connectivity index (χ4n) is 4.45. The molecule has 52 heavy (non-hydrogen) atoms. The predicted octanol–water partition coefficient (Wildman–Crippen LogP) is 1.75. The molecule has 0 bridgehead atoms. The number of amides is 3. The summed E-state index contributed by atoms with van der Waals surface area (Å²) in [6.45, 7) is 1.09. The zero-order valence-electron chi connectivity index (χ0n) is 26.3. The number of carbonyl (C=O) groups is 5. The number of ether oxygens (including phenoxy) is 3. The van der Waals surface area contributed by atoms with Crippen LogP contribution in [-0.2, 0) is 24.4 Å². The van der Waals surface area contributed by atoms with Crippen LogP contribution in [0.3, 0.4) is 0 Å². The van der Waals surface area contributed by atoms with Crippen molar-refractivity contribution in [1.82, 2.24) is 31.4 Å². The number of nitrogens with zero attached hydrogens (tertiary/aromatic N) is 2. The van der Waals surface area contributed by atoms with Crippen LogP contribution in [0.2, 0.25) is 0 Å². The summed E-state index contributed by atoms with van der Waals surface area (Å²) < 4.78 is 14.9. The van der Waals surface area contributed by atoms with Crippen LogP contribution in [0.5, 0.6) is 17.2 Å². The first-order valence-corrected chi connectivity index (χ1v) is 26.9. The summed E-state index contributed by atoms with van der Waals surface area (Å²) in [5, 5.41) is 26.3. The molecule has 0 fully saturated rings. The Morgan fingerprint density at radius 2 is 1.23 bits per heavy atom. The Balaban J connectivity index is 0.000000202. The molecule has 3 aliphatic rings. The van der Waals surface area contributed by atoms with Crippen LogP contribution in [0.25, 0.3) is 11.3 Å². The van der Waals surface area contributed by atoms with Crippen molar-refractivity contribution in [3.8, 4) is 52.2 Å². The first-order chi connectivity index (χ1) is 24.8. The van der Waals surface area contributed by atoms with Gasteiger partial charge >= 0.3 is 68.8 Å². The summed E-state index contributed by atoms with van der Waals surface area (Å²) >= 11 is 5.30. The minimum absolute atomic E-state index is 0. The molecule has 15 nitrogen and oxygen atoms in total. The number of carbonyl (C=O) groups excluding carboxylic acids is 5. The quantitative estimate of drug-likeness (QED) is 0.111. The van der Waals surface area contributed by atoms with Crippen LogP contribution in [0, 0.1) is 23.7 Å². The Labute approximate surface area is 343 Å². The number of rotatable bonds is 2. The van der Waals surface area contributed by atoms with Gasteiger partial charge in [-0.05, 0) is 60.5 Å². The van der Waals surface area contributed by atoms with E-state index in [1.54, 1.807) is 48.5 Å². The van der Waals surface area contributed by atoms with Gasteiger partial charge in [-0.3, -0.25) is 9.59 Å². The van der Waals surface area contributed by atoms with Crippen molar-refractivity contribution >= 4 is 92.1 Å². The molecule has 1 aromatic heterocycles. The van der Waals surface area contributed by atoms with Crippen LogP contribution in [0.1, 0.15) is 38.3 Å². The van der Waals surface area contributed by atoms with Gasteiger partial charge in [-0.25, -0.2) is 14.4 Å². The second-order valence-electron chi connectivity index (χ2n) is 9.77. The largest absolute Gasteiger partial charge is 0.412 e. The second-order valence-corrected chi connectivity index (χ2v) is 26.0. The Hall–Kier alpha value is -4.05. The number of aldehydes is 2. The number of aliphatic hydroxyl groups excluding tert-OH is 1. The van der Waals surface area contributed by atoms with Crippen LogP contribution in [0.15, 0.2) is 54.6 Å². The van der Waals surface area contributed by atoms with E-state index in [0.717, 1.165) is 33.4 Å². The molecular formula is C33H25I4N6O9-. The molecule has 0 atom stereocenters. The molecular weight excluding hydrogens is 1130 g/mol. The molecule has 0 saturated carbocycles. The number of aliphatic hydroxyl groups is 1.